The molecule has 0 fully saturated rings. The number of amides is 2. The van der Waals surface area contributed by atoms with Crippen molar-refractivity contribution in [2.75, 3.05) is 17.4 Å². The fraction of sp³-hybridized carbons (Fsp3) is 0.259. The number of benzene rings is 3. The molecule has 190 valence electrons. The van der Waals surface area contributed by atoms with Crippen molar-refractivity contribution in [2.24, 2.45) is 0 Å². The first-order valence-electron chi connectivity index (χ1n) is 11.6. The molecule has 0 bridgehead atoms. The maximum absolute atomic E-state index is 14.8. The molecule has 0 aliphatic carbocycles. The van der Waals surface area contributed by atoms with Crippen molar-refractivity contribution in [2.45, 2.75) is 38.3 Å². The summed E-state index contributed by atoms with van der Waals surface area (Å²) in [5.74, 6) is -1.80. The fourth-order valence-electron chi connectivity index (χ4n) is 3.68. The van der Waals surface area contributed by atoms with Crippen LogP contribution in [0.25, 0.3) is 0 Å². The van der Waals surface area contributed by atoms with Gasteiger partial charge in [-0.15, -0.1) is 0 Å². The average Bonchev–Trinajstić information content (AvgIpc) is 2.87. The van der Waals surface area contributed by atoms with Crippen molar-refractivity contribution in [1.29, 1.82) is 0 Å². The molecule has 0 radical (unpaired) electrons. The Morgan fingerprint density at radius 1 is 0.944 bits per heavy atom. The first-order valence-corrected chi connectivity index (χ1v) is 13.0. The maximum atomic E-state index is 14.8. The molecule has 9 heteroatoms. The van der Waals surface area contributed by atoms with Crippen molar-refractivity contribution >= 4 is 27.5 Å². The molecule has 0 unspecified atom stereocenters. The van der Waals surface area contributed by atoms with Gasteiger partial charge in [-0.2, -0.15) is 0 Å². The first kappa shape index (κ1) is 26.9. The lowest BCUT2D eigenvalue weighted by Crippen LogP contribution is -2.51. The van der Waals surface area contributed by atoms with Crippen LogP contribution in [-0.2, 0) is 26.2 Å². The molecule has 2 amide bonds. The maximum Gasteiger partial charge on any atom is 0.264 e. The predicted octanol–water partition coefficient (Wildman–Crippen LogP) is 3.88. The van der Waals surface area contributed by atoms with Gasteiger partial charge in [0.25, 0.3) is 10.0 Å². The lowest BCUT2D eigenvalue weighted by Gasteiger charge is -2.32. The third-order valence-corrected chi connectivity index (χ3v) is 7.50. The van der Waals surface area contributed by atoms with E-state index in [2.05, 4.69) is 5.32 Å². The van der Waals surface area contributed by atoms with Gasteiger partial charge in [0.15, 0.2) is 0 Å². The zero-order chi connectivity index (χ0) is 26.3. The Labute approximate surface area is 211 Å². The molecule has 0 aliphatic rings. The van der Waals surface area contributed by atoms with Crippen LogP contribution in [-0.4, -0.2) is 44.3 Å². The second-order valence-electron chi connectivity index (χ2n) is 8.35. The zero-order valence-electron chi connectivity index (χ0n) is 20.5. The Morgan fingerprint density at radius 2 is 1.56 bits per heavy atom. The molecule has 0 spiro atoms. The Morgan fingerprint density at radius 3 is 2.17 bits per heavy atom. The minimum Gasteiger partial charge on any atom is -0.355 e. The van der Waals surface area contributed by atoms with Gasteiger partial charge in [-0.25, -0.2) is 12.8 Å². The van der Waals surface area contributed by atoms with Crippen LogP contribution in [0.4, 0.5) is 10.1 Å². The number of likely N-dealkylation sites (N-methyl/N-ethyl adjacent to an activating group) is 1. The molecule has 0 heterocycles. The molecular weight excluding hydrogens is 481 g/mol. The van der Waals surface area contributed by atoms with Crippen LogP contribution in [0.1, 0.15) is 25.0 Å². The molecule has 3 aromatic rings. The highest BCUT2D eigenvalue weighted by Gasteiger charge is 2.33. The topological polar surface area (TPSA) is 86.8 Å². The van der Waals surface area contributed by atoms with Gasteiger partial charge in [0.2, 0.25) is 11.8 Å². The van der Waals surface area contributed by atoms with Gasteiger partial charge in [0.05, 0.1) is 10.6 Å². The van der Waals surface area contributed by atoms with Gasteiger partial charge in [0, 0.05) is 13.1 Å². The van der Waals surface area contributed by atoms with Crippen molar-refractivity contribution in [3.8, 4) is 0 Å². The largest absolute Gasteiger partial charge is 0.355 e. The zero-order valence-corrected chi connectivity index (χ0v) is 21.3. The number of hydrogen-bond acceptors (Lipinski definition) is 4. The van der Waals surface area contributed by atoms with E-state index in [0.717, 1.165) is 21.5 Å². The van der Waals surface area contributed by atoms with E-state index in [4.69, 9.17) is 0 Å². The van der Waals surface area contributed by atoms with E-state index in [1.54, 1.807) is 32.0 Å². The Balaban J connectivity index is 2.02. The van der Waals surface area contributed by atoms with E-state index >= 15 is 0 Å². The highest BCUT2D eigenvalue weighted by atomic mass is 32.2. The standard InChI is InChI=1S/C27H30FN3O4S/c1-4-29-27(33)21(3)30(18-22-16-14-20(2)15-17-22)26(32)19-31(25-13-9-8-12-24(25)28)36(34,35)23-10-6-5-7-11-23/h5-17,21H,4,18-19H2,1-3H3,(H,29,33)/t21-/m1/s1. The van der Waals surface area contributed by atoms with Crippen molar-refractivity contribution in [3.05, 3.63) is 95.8 Å². The summed E-state index contributed by atoms with van der Waals surface area (Å²) in [6.45, 7) is 5.05. The third-order valence-electron chi connectivity index (χ3n) is 5.72. The molecular formula is C27H30FN3O4S. The number of nitrogens with zero attached hydrogens (tertiary/aromatic N) is 2. The SMILES string of the molecule is CCNC(=O)[C@@H](C)N(Cc1ccc(C)cc1)C(=O)CN(c1ccccc1F)S(=O)(=O)c1ccccc1. The molecule has 1 atom stereocenters. The Hall–Kier alpha value is -3.72. The normalized spacial score (nSPS) is 12.0. The molecule has 0 saturated heterocycles. The van der Waals surface area contributed by atoms with Gasteiger partial charge < -0.3 is 10.2 Å². The number of carbonyl (C=O) groups is 2. The van der Waals surface area contributed by atoms with Crippen molar-refractivity contribution in [3.63, 3.8) is 0 Å². The van der Waals surface area contributed by atoms with Gasteiger partial charge in [0.1, 0.15) is 18.4 Å². The van der Waals surface area contributed by atoms with E-state index in [0.29, 0.717) is 6.54 Å². The molecule has 1 N–H and O–H groups in total. The van der Waals surface area contributed by atoms with Crippen LogP contribution < -0.4 is 9.62 Å². The summed E-state index contributed by atoms with van der Waals surface area (Å²) in [4.78, 5) is 27.5. The number of rotatable bonds is 10. The number of nitrogens with one attached hydrogen (secondary N) is 1. The predicted molar refractivity (Wildman–Crippen MR) is 137 cm³/mol. The lowest BCUT2D eigenvalue weighted by atomic mass is 10.1. The van der Waals surface area contributed by atoms with Crippen LogP contribution in [0.5, 0.6) is 0 Å². The smallest absolute Gasteiger partial charge is 0.264 e. The van der Waals surface area contributed by atoms with Crippen LogP contribution in [0, 0.1) is 12.7 Å². The molecule has 0 aromatic heterocycles. The lowest BCUT2D eigenvalue weighted by molar-refractivity contribution is -0.139. The number of aryl methyl sites for hydroxylation is 1. The number of carbonyl (C=O) groups excluding carboxylic acids is 2. The van der Waals surface area contributed by atoms with Crippen LogP contribution in [0.15, 0.2) is 83.8 Å². The number of anilines is 1. The average molecular weight is 512 g/mol. The highest BCUT2D eigenvalue weighted by molar-refractivity contribution is 7.92. The van der Waals surface area contributed by atoms with Crippen LogP contribution in [0.2, 0.25) is 0 Å². The Kier molecular flexibility index (Phi) is 8.82. The quantitative estimate of drug-likeness (QED) is 0.448. The van der Waals surface area contributed by atoms with E-state index in [1.165, 1.54) is 35.2 Å². The molecule has 3 aromatic carbocycles. The minimum absolute atomic E-state index is 0.0773. The summed E-state index contributed by atoms with van der Waals surface area (Å²) in [7, 11) is -4.29. The summed E-state index contributed by atoms with van der Waals surface area (Å²) in [5.41, 5.74) is 1.55. The van der Waals surface area contributed by atoms with Crippen LogP contribution >= 0.6 is 0 Å². The summed E-state index contributed by atoms with van der Waals surface area (Å²) in [5, 5.41) is 2.70. The van der Waals surface area contributed by atoms with E-state index in [1.807, 2.05) is 31.2 Å². The number of sulfonamides is 1. The molecule has 36 heavy (non-hydrogen) atoms. The summed E-state index contributed by atoms with van der Waals surface area (Å²) in [6.07, 6.45) is 0. The summed E-state index contributed by atoms with van der Waals surface area (Å²) < 4.78 is 42.7. The van der Waals surface area contributed by atoms with E-state index in [9.17, 15) is 22.4 Å². The second-order valence-corrected chi connectivity index (χ2v) is 10.2. The fourth-order valence-corrected chi connectivity index (χ4v) is 5.12. The highest BCUT2D eigenvalue weighted by Crippen LogP contribution is 2.26. The molecule has 0 saturated carbocycles. The van der Waals surface area contributed by atoms with Gasteiger partial charge >= 0.3 is 0 Å². The number of hydrogen-bond donors (Lipinski definition) is 1. The van der Waals surface area contributed by atoms with Crippen molar-refractivity contribution < 1.29 is 22.4 Å². The molecule has 7 nitrogen and oxygen atoms in total. The van der Waals surface area contributed by atoms with Gasteiger partial charge in [-0.05, 0) is 50.6 Å². The monoisotopic (exact) mass is 511 g/mol. The van der Waals surface area contributed by atoms with Gasteiger partial charge in [-0.1, -0.05) is 60.2 Å². The van der Waals surface area contributed by atoms with E-state index < -0.39 is 34.3 Å². The first-order chi connectivity index (χ1) is 17.1. The summed E-state index contributed by atoms with van der Waals surface area (Å²) >= 11 is 0. The molecule has 3 rings (SSSR count). The number of para-hydroxylation sites is 1. The molecule has 0 aliphatic heterocycles. The van der Waals surface area contributed by atoms with Crippen molar-refractivity contribution in [1.82, 2.24) is 10.2 Å². The summed E-state index contributed by atoms with van der Waals surface area (Å²) in [6, 6.07) is 19.5. The second kappa shape index (κ2) is 11.8. The Bertz CT molecular complexity index is 1300. The van der Waals surface area contributed by atoms with E-state index in [-0.39, 0.29) is 23.0 Å². The minimum atomic E-state index is -4.29. The third kappa shape index (κ3) is 6.28. The van der Waals surface area contributed by atoms with Crippen LogP contribution in [0.3, 0.4) is 0 Å². The van der Waals surface area contributed by atoms with Gasteiger partial charge in [-0.3, -0.25) is 13.9 Å². The number of halogens is 1.